The number of rotatable bonds is 0. The normalized spacial score (nSPS) is 36.7. The number of fused-ring (bicyclic) bond motifs is 1. The molecule has 2 aliphatic rings. The van der Waals surface area contributed by atoms with E-state index in [2.05, 4.69) is 10.2 Å². The van der Waals surface area contributed by atoms with Crippen molar-refractivity contribution < 1.29 is 4.74 Å². The van der Waals surface area contributed by atoms with Crippen LogP contribution in [-0.2, 0) is 4.74 Å². The van der Waals surface area contributed by atoms with Gasteiger partial charge in [-0.05, 0) is 0 Å². The third kappa shape index (κ3) is 0.956. The molecule has 0 aromatic carbocycles. The molecule has 1 N–H and O–H groups in total. The molecule has 2 aliphatic heterocycles. The highest BCUT2D eigenvalue weighted by Gasteiger charge is 2.26. The van der Waals surface area contributed by atoms with Crippen LogP contribution in [-0.4, -0.2) is 43.9 Å². The lowest BCUT2D eigenvalue weighted by molar-refractivity contribution is 0.00644. The van der Waals surface area contributed by atoms with Crippen LogP contribution in [0.2, 0.25) is 0 Å². The maximum absolute atomic E-state index is 5.28. The van der Waals surface area contributed by atoms with Crippen LogP contribution >= 0.6 is 0 Å². The van der Waals surface area contributed by atoms with E-state index in [1.165, 1.54) is 6.54 Å². The fraction of sp³-hybridized carbons (Fsp3) is 1.00. The molecule has 2 rings (SSSR count). The number of ether oxygens (including phenoxy) is 1. The summed E-state index contributed by atoms with van der Waals surface area (Å²) in [5.41, 5.74) is 0. The van der Waals surface area contributed by atoms with Gasteiger partial charge in [0.25, 0.3) is 0 Å². The Morgan fingerprint density at radius 3 is 3.33 bits per heavy atom. The molecule has 0 aliphatic carbocycles. The van der Waals surface area contributed by atoms with Gasteiger partial charge in [-0.25, -0.2) is 0 Å². The van der Waals surface area contributed by atoms with Crippen LogP contribution in [0.3, 0.4) is 0 Å². The molecule has 0 saturated carbocycles. The lowest BCUT2D eigenvalue weighted by atomic mass is 10.4. The number of nitrogens with zero attached hydrogens (tertiary/aromatic N) is 1. The van der Waals surface area contributed by atoms with Gasteiger partial charge in [0.1, 0.15) is 0 Å². The lowest BCUT2D eigenvalue weighted by Crippen LogP contribution is -2.45. The summed E-state index contributed by atoms with van der Waals surface area (Å²) >= 11 is 0. The van der Waals surface area contributed by atoms with E-state index >= 15 is 0 Å². The second kappa shape index (κ2) is 2.25. The highest BCUT2D eigenvalue weighted by molar-refractivity contribution is 4.79. The minimum absolute atomic E-state index is 0.527. The Morgan fingerprint density at radius 2 is 2.44 bits per heavy atom. The average Bonchev–Trinajstić information content (AvgIpc) is 2.33. The van der Waals surface area contributed by atoms with Crippen LogP contribution in [0.1, 0.15) is 0 Å². The second-order valence-corrected chi connectivity index (χ2v) is 2.58. The van der Waals surface area contributed by atoms with Gasteiger partial charge >= 0.3 is 0 Å². The fourth-order valence-corrected chi connectivity index (χ4v) is 1.47. The molecule has 0 bridgehead atoms. The first-order valence-corrected chi connectivity index (χ1v) is 3.52. The Kier molecular flexibility index (Phi) is 1.41. The largest absolute Gasteiger partial charge is 0.377 e. The van der Waals surface area contributed by atoms with Crippen molar-refractivity contribution in [3.05, 3.63) is 0 Å². The van der Waals surface area contributed by atoms with Gasteiger partial charge < -0.3 is 4.74 Å². The molecule has 0 radical (unpaired) electrons. The van der Waals surface area contributed by atoms with E-state index in [0.29, 0.717) is 6.17 Å². The van der Waals surface area contributed by atoms with Crippen LogP contribution < -0.4 is 5.32 Å². The molecule has 3 heteroatoms. The predicted octanol–water partition coefficient (Wildman–Crippen LogP) is -0.752. The first-order chi connectivity index (χ1) is 4.47. The zero-order valence-electron chi connectivity index (χ0n) is 5.47. The molecule has 0 aromatic rings. The number of hydrogen-bond donors (Lipinski definition) is 1. The zero-order valence-corrected chi connectivity index (χ0v) is 5.47. The maximum atomic E-state index is 5.28. The van der Waals surface area contributed by atoms with Crippen molar-refractivity contribution in [3.63, 3.8) is 0 Å². The monoisotopic (exact) mass is 128 g/mol. The summed E-state index contributed by atoms with van der Waals surface area (Å²) in [6.07, 6.45) is 0.527. The first-order valence-electron chi connectivity index (χ1n) is 3.52. The summed E-state index contributed by atoms with van der Waals surface area (Å²) in [5.74, 6) is 0. The summed E-state index contributed by atoms with van der Waals surface area (Å²) in [6, 6.07) is 0. The van der Waals surface area contributed by atoms with Gasteiger partial charge in [-0.1, -0.05) is 0 Å². The SMILES string of the molecule is C1CN2CCOCC2N1. The van der Waals surface area contributed by atoms with Crippen LogP contribution in [0.5, 0.6) is 0 Å². The fourth-order valence-electron chi connectivity index (χ4n) is 1.47. The molecule has 2 fully saturated rings. The Bertz CT molecular complexity index is 95.2. The zero-order chi connectivity index (χ0) is 6.10. The summed E-state index contributed by atoms with van der Waals surface area (Å²) in [6.45, 7) is 5.23. The maximum Gasteiger partial charge on any atom is 0.0840 e. The Morgan fingerprint density at radius 1 is 1.44 bits per heavy atom. The molecule has 0 spiro atoms. The van der Waals surface area contributed by atoms with Gasteiger partial charge in [-0.15, -0.1) is 0 Å². The summed E-state index contributed by atoms with van der Waals surface area (Å²) in [4.78, 5) is 2.43. The predicted molar refractivity (Wildman–Crippen MR) is 34.2 cm³/mol. The lowest BCUT2D eigenvalue weighted by Gasteiger charge is -2.28. The highest BCUT2D eigenvalue weighted by atomic mass is 16.5. The van der Waals surface area contributed by atoms with Crippen LogP contribution in [0, 0.1) is 0 Å². The quantitative estimate of drug-likeness (QED) is 0.464. The van der Waals surface area contributed by atoms with Crippen molar-refractivity contribution in [1.82, 2.24) is 10.2 Å². The number of morpholine rings is 1. The summed E-state index contributed by atoms with van der Waals surface area (Å²) < 4.78 is 5.28. The molecule has 1 atom stereocenters. The number of nitrogens with one attached hydrogen (secondary N) is 1. The minimum atomic E-state index is 0.527. The molecule has 3 nitrogen and oxygen atoms in total. The Balaban J connectivity index is 1.97. The standard InChI is InChI=1S/C6H12N2O/c1-2-8-3-4-9-5-6(8)7-1/h6-7H,1-5H2. The van der Waals surface area contributed by atoms with Gasteiger partial charge in [0.2, 0.25) is 0 Å². The van der Waals surface area contributed by atoms with Crippen LogP contribution in [0.25, 0.3) is 0 Å². The highest BCUT2D eigenvalue weighted by Crippen LogP contribution is 2.07. The topological polar surface area (TPSA) is 24.5 Å². The van der Waals surface area contributed by atoms with Gasteiger partial charge in [0, 0.05) is 19.6 Å². The molecule has 0 amide bonds. The molecule has 52 valence electrons. The first kappa shape index (κ1) is 5.65. The van der Waals surface area contributed by atoms with E-state index in [1.54, 1.807) is 0 Å². The van der Waals surface area contributed by atoms with E-state index in [1.807, 2.05) is 0 Å². The van der Waals surface area contributed by atoms with Crippen molar-refractivity contribution in [1.29, 1.82) is 0 Å². The third-order valence-corrected chi connectivity index (χ3v) is 2.02. The molecule has 9 heavy (non-hydrogen) atoms. The van der Waals surface area contributed by atoms with Gasteiger partial charge in [-0.3, -0.25) is 10.2 Å². The van der Waals surface area contributed by atoms with Crippen molar-refractivity contribution in [2.24, 2.45) is 0 Å². The van der Waals surface area contributed by atoms with Gasteiger partial charge in [-0.2, -0.15) is 0 Å². The van der Waals surface area contributed by atoms with Crippen LogP contribution in [0.4, 0.5) is 0 Å². The smallest absolute Gasteiger partial charge is 0.0840 e. The number of hydrogen-bond acceptors (Lipinski definition) is 3. The van der Waals surface area contributed by atoms with E-state index in [-0.39, 0.29) is 0 Å². The van der Waals surface area contributed by atoms with E-state index < -0.39 is 0 Å². The molecule has 1 unspecified atom stereocenters. The summed E-state index contributed by atoms with van der Waals surface area (Å²) in [7, 11) is 0. The van der Waals surface area contributed by atoms with E-state index in [9.17, 15) is 0 Å². The Labute approximate surface area is 55.0 Å². The molecule has 2 saturated heterocycles. The molecular formula is C6H12N2O. The van der Waals surface area contributed by atoms with E-state index in [0.717, 1.165) is 26.3 Å². The Hall–Kier alpha value is -0.120. The minimum Gasteiger partial charge on any atom is -0.377 e. The van der Waals surface area contributed by atoms with Gasteiger partial charge in [0.15, 0.2) is 0 Å². The van der Waals surface area contributed by atoms with Crippen LogP contribution in [0.15, 0.2) is 0 Å². The second-order valence-electron chi connectivity index (χ2n) is 2.58. The van der Waals surface area contributed by atoms with E-state index in [4.69, 9.17) is 4.74 Å². The van der Waals surface area contributed by atoms with Crippen molar-refractivity contribution in [3.8, 4) is 0 Å². The summed E-state index contributed by atoms with van der Waals surface area (Å²) in [5, 5.41) is 3.36. The molecular weight excluding hydrogens is 116 g/mol. The average molecular weight is 128 g/mol. The van der Waals surface area contributed by atoms with Crippen molar-refractivity contribution >= 4 is 0 Å². The third-order valence-electron chi connectivity index (χ3n) is 2.02. The van der Waals surface area contributed by atoms with Crippen molar-refractivity contribution in [2.45, 2.75) is 6.17 Å². The van der Waals surface area contributed by atoms with Gasteiger partial charge in [0.05, 0.1) is 19.4 Å². The molecule has 2 heterocycles. The van der Waals surface area contributed by atoms with Crippen molar-refractivity contribution in [2.75, 3.05) is 32.8 Å². The molecule has 0 aromatic heterocycles.